The van der Waals surface area contributed by atoms with Crippen LogP contribution < -0.4 is 10.6 Å². The molecule has 0 saturated heterocycles. The van der Waals surface area contributed by atoms with Gasteiger partial charge in [0.2, 0.25) is 0 Å². The average molecular weight is 219 g/mol. The van der Waals surface area contributed by atoms with Crippen molar-refractivity contribution in [3.8, 4) is 0 Å². The zero-order valence-corrected chi connectivity index (χ0v) is 9.49. The third-order valence-corrected chi connectivity index (χ3v) is 2.63. The lowest BCUT2D eigenvalue weighted by atomic mass is 10.2. The summed E-state index contributed by atoms with van der Waals surface area (Å²) in [6, 6.07) is 3.65. The van der Waals surface area contributed by atoms with Gasteiger partial charge in [-0.25, -0.2) is 4.98 Å². The fourth-order valence-electron chi connectivity index (χ4n) is 1.47. The minimum atomic E-state index is -0.0660. The molecule has 86 valence electrons. The number of rotatable bonds is 5. The van der Waals surface area contributed by atoms with E-state index in [1.807, 2.05) is 13.0 Å². The molecule has 1 aromatic heterocycles. The summed E-state index contributed by atoms with van der Waals surface area (Å²) in [5.41, 5.74) is 0.610. The van der Waals surface area contributed by atoms with E-state index in [2.05, 4.69) is 15.6 Å². The molecule has 1 aliphatic rings. The van der Waals surface area contributed by atoms with E-state index in [0.717, 1.165) is 18.3 Å². The molecule has 1 saturated carbocycles. The second-order valence-corrected chi connectivity index (χ2v) is 4.12. The van der Waals surface area contributed by atoms with Crippen molar-refractivity contribution in [1.82, 2.24) is 10.3 Å². The van der Waals surface area contributed by atoms with Crippen molar-refractivity contribution in [2.24, 2.45) is 5.92 Å². The number of aromatic nitrogens is 1. The van der Waals surface area contributed by atoms with Gasteiger partial charge < -0.3 is 10.6 Å². The van der Waals surface area contributed by atoms with Gasteiger partial charge in [-0.1, -0.05) is 0 Å². The fraction of sp³-hybridized carbons (Fsp3) is 0.500. The molecule has 2 rings (SSSR count). The summed E-state index contributed by atoms with van der Waals surface area (Å²) < 4.78 is 0. The monoisotopic (exact) mass is 219 g/mol. The van der Waals surface area contributed by atoms with Crippen LogP contribution in [-0.4, -0.2) is 24.0 Å². The van der Waals surface area contributed by atoms with E-state index in [-0.39, 0.29) is 5.91 Å². The van der Waals surface area contributed by atoms with E-state index in [9.17, 15) is 4.79 Å². The Kier molecular flexibility index (Phi) is 3.39. The Balaban J connectivity index is 1.89. The van der Waals surface area contributed by atoms with Gasteiger partial charge in [-0.2, -0.15) is 0 Å². The standard InChI is InChI=1S/C12H17N3O/c1-2-13-12(16)10-5-6-11(15-8-10)14-7-9-3-4-9/h5-6,8-9H,2-4,7H2,1H3,(H,13,16)(H,14,15). The molecule has 1 heterocycles. The Morgan fingerprint density at radius 1 is 1.50 bits per heavy atom. The minimum absolute atomic E-state index is 0.0660. The maximum absolute atomic E-state index is 11.5. The number of carbonyl (C=O) groups excluding carboxylic acids is 1. The molecule has 0 atom stereocenters. The Labute approximate surface area is 95.5 Å². The van der Waals surface area contributed by atoms with Crippen molar-refractivity contribution in [2.45, 2.75) is 19.8 Å². The highest BCUT2D eigenvalue weighted by Gasteiger charge is 2.20. The molecular formula is C12H17N3O. The van der Waals surface area contributed by atoms with Crippen LogP contribution in [0.25, 0.3) is 0 Å². The van der Waals surface area contributed by atoms with Crippen LogP contribution in [0.1, 0.15) is 30.1 Å². The molecule has 1 aromatic rings. The number of carbonyl (C=O) groups is 1. The summed E-state index contributed by atoms with van der Waals surface area (Å²) in [6.45, 7) is 3.53. The summed E-state index contributed by atoms with van der Waals surface area (Å²) in [5, 5.41) is 6.00. The van der Waals surface area contributed by atoms with E-state index in [1.54, 1.807) is 12.3 Å². The predicted molar refractivity (Wildman–Crippen MR) is 63.5 cm³/mol. The molecule has 0 unspecified atom stereocenters. The van der Waals surface area contributed by atoms with Gasteiger partial charge in [-0.15, -0.1) is 0 Å². The molecule has 0 spiro atoms. The normalized spacial score (nSPS) is 14.6. The third-order valence-electron chi connectivity index (χ3n) is 2.63. The Bertz CT molecular complexity index is 357. The quantitative estimate of drug-likeness (QED) is 0.791. The first kappa shape index (κ1) is 10.9. The maximum atomic E-state index is 11.5. The number of amides is 1. The van der Waals surface area contributed by atoms with Crippen LogP contribution in [0.15, 0.2) is 18.3 Å². The second-order valence-electron chi connectivity index (χ2n) is 4.12. The largest absolute Gasteiger partial charge is 0.370 e. The first-order chi connectivity index (χ1) is 7.79. The van der Waals surface area contributed by atoms with E-state index in [0.29, 0.717) is 12.1 Å². The topological polar surface area (TPSA) is 54.0 Å². The van der Waals surface area contributed by atoms with Crippen LogP contribution in [0.3, 0.4) is 0 Å². The van der Waals surface area contributed by atoms with Crippen molar-refractivity contribution in [3.63, 3.8) is 0 Å². The van der Waals surface area contributed by atoms with Gasteiger partial charge >= 0.3 is 0 Å². The van der Waals surface area contributed by atoms with Crippen molar-refractivity contribution < 1.29 is 4.79 Å². The van der Waals surface area contributed by atoms with Crippen molar-refractivity contribution in [2.75, 3.05) is 18.4 Å². The molecule has 0 bridgehead atoms. The zero-order valence-electron chi connectivity index (χ0n) is 9.49. The second kappa shape index (κ2) is 4.96. The molecular weight excluding hydrogens is 202 g/mol. The van der Waals surface area contributed by atoms with Crippen LogP contribution in [0.4, 0.5) is 5.82 Å². The lowest BCUT2D eigenvalue weighted by Gasteiger charge is -2.05. The van der Waals surface area contributed by atoms with Gasteiger partial charge in [0.05, 0.1) is 5.56 Å². The van der Waals surface area contributed by atoms with Gasteiger partial charge in [0, 0.05) is 19.3 Å². The zero-order chi connectivity index (χ0) is 11.4. The molecule has 0 aliphatic heterocycles. The fourth-order valence-corrected chi connectivity index (χ4v) is 1.47. The van der Waals surface area contributed by atoms with Crippen molar-refractivity contribution in [1.29, 1.82) is 0 Å². The average Bonchev–Trinajstić information content (AvgIpc) is 3.11. The van der Waals surface area contributed by atoms with Gasteiger partial charge in [-0.3, -0.25) is 4.79 Å². The molecule has 1 aliphatic carbocycles. The van der Waals surface area contributed by atoms with Gasteiger partial charge in [0.15, 0.2) is 0 Å². The van der Waals surface area contributed by atoms with E-state index >= 15 is 0 Å². The van der Waals surface area contributed by atoms with Gasteiger partial charge in [-0.05, 0) is 37.8 Å². The number of nitrogens with one attached hydrogen (secondary N) is 2. The molecule has 1 amide bonds. The Hall–Kier alpha value is -1.58. The first-order valence-electron chi connectivity index (χ1n) is 5.77. The highest BCUT2D eigenvalue weighted by molar-refractivity contribution is 5.93. The lowest BCUT2D eigenvalue weighted by Crippen LogP contribution is -2.22. The molecule has 16 heavy (non-hydrogen) atoms. The number of pyridine rings is 1. The highest BCUT2D eigenvalue weighted by atomic mass is 16.1. The van der Waals surface area contributed by atoms with Crippen LogP contribution >= 0.6 is 0 Å². The highest BCUT2D eigenvalue weighted by Crippen LogP contribution is 2.28. The third kappa shape index (κ3) is 2.95. The molecule has 1 fully saturated rings. The Morgan fingerprint density at radius 2 is 2.31 bits per heavy atom. The number of hydrogen-bond acceptors (Lipinski definition) is 3. The van der Waals surface area contributed by atoms with Gasteiger partial charge in [0.1, 0.15) is 5.82 Å². The van der Waals surface area contributed by atoms with Crippen LogP contribution in [0, 0.1) is 5.92 Å². The Morgan fingerprint density at radius 3 is 2.88 bits per heavy atom. The van der Waals surface area contributed by atoms with E-state index < -0.39 is 0 Å². The molecule has 0 aromatic carbocycles. The van der Waals surface area contributed by atoms with Crippen molar-refractivity contribution >= 4 is 11.7 Å². The van der Waals surface area contributed by atoms with Crippen LogP contribution in [0.2, 0.25) is 0 Å². The SMILES string of the molecule is CCNC(=O)c1ccc(NCC2CC2)nc1. The molecule has 4 heteroatoms. The summed E-state index contributed by atoms with van der Waals surface area (Å²) in [5.74, 6) is 1.61. The first-order valence-corrected chi connectivity index (χ1v) is 5.77. The summed E-state index contributed by atoms with van der Waals surface area (Å²) in [6.07, 6.45) is 4.26. The number of anilines is 1. The summed E-state index contributed by atoms with van der Waals surface area (Å²) in [4.78, 5) is 15.7. The van der Waals surface area contributed by atoms with Gasteiger partial charge in [0.25, 0.3) is 5.91 Å². The lowest BCUT2D eigenvalue weighted by molar-refractivity contribution is 0.0955. The minimum Gasteiger partial charge on any atom is -0.370 e. The maximum Gasteiger partial charge on any atom is 0.252 e. The van der Waals surface area contributed by atoms with E-state index in [1.165, 1.54) is 12.8 Å². The van der Waals surface area contributed by atoms with E-state index in [4.69, 9.17) is 0 Å². The summed E-state index contributed by atoms with van der Waals surface area (Å²) in [7, 11) is 0. The predicted octanol–water partition coefficient (Wildman–Crippen LogP) is 1.65. The van der Waals surface area contributed by atoms with Crippen LogP contribution in [-0.2, 0) is 0 Å². The van der Waals surface area contributed by atoms with Crippen molar-refractivity contribution in [3.05, 3.63) is 23.9 Å². The molecule has 0 radical (unpaired) electrons. The molecule has 2 N–H and O–H groups in total. The molecule has 4 nitrogen and oxygen atoms in total. The number of nitrogens with zero attached hydrogens (tertiary/aromatic N) is 1. The smallest absolute Gasteiger partial charge is 0.252 e. The van der Waals surface area contributed by atoms with Crippen LogP contribution in [0.5, 0.6) is 0 Å². The number of hydrogen-bond donors (Lipinski definition) is 2. The summed E-state index contributed by atoms with van der Waals surface area (Å²) >= 11 is 0.